The van der Waals surface area contributed by atoms with Crippen LogP contribution in [0.1, 0.15) is 6.92 Å². The van der Waals surface area contributed by atoms with Crippen LogP contribution in [0.3, 0.4) is 0 Å². The van der Waals surface area contributed by atoms with Crippen LogP contribution in [0, 0.1) is 0 Å². The van der Waals surface area contributed by atoms with Gasteiger partial charge in [0.05, 0.1) is 0 Å². The van der Waals surface area contributed by atoms with E-state index < -0.39 is 0 Å². The summed E-state index contributed by atoms with van der Waals surface area (Å²) in [5, 5.41) is 2.36. The van der Waals surface area contributed by atoms with Crippen LogP contribution in [0.25, 0.3) is 0 Å². The molecule has 1 atom stereocenters. The minimum Gasteiger partial charge on any atom is -0.344 e. The highest BCUT2D eigenvalue weighted by molar-refractivity contribution is 6.18. The van der Waals surface area contributed by atoms with Gasteiger partial charge in [0.15, 0.2) is 0 Å². The van der Waals surface area contributed by atoms with Gasteiger partial charge in [-0.25, -0.2) is 0 Å². The topological polar surface area (TPSA) is 29.1 Å². The molecule has 3 heteroatoms. The highest BCUT2D eigenvalue weighted by Gasteiger charge is 1.92. The van der Waals surface area contributed by atoms with Crippen molar-refractivity contribution in [2.24, 2.45) is 0 Å². The number of carbonyl (C=O) groups excluding carboxylic acids is 1. The Morgan fingerprint density at radius 1 is 2.00 bits per heavy atom. The van der Waals surface area contributed by atoms with Crippen LogP contribution in [0.2, 0.25) is 0 Å². The van der Waals surface area contributed by atoms with Gasteiger partial charge in [0.25, 0.3) is 0 Å². The Morgan fingerprint density at radius 3 is 2.71 bits per heavy atom. The quantitative estimate of drug-likeness (QED) is 0.421. The normalized spacial score (nSPS) is 12.9. The molecule has 0 aromatic carbocycles. The van der Waals surface area contributed by atoms with Gasteiger partial charge in [0, 0.05) is 11.9 Å². The first-order chi connectivity index (χ1) is 3.31. The number of nitrogens with one attached hydrogen (secondary N) is 1. The van der Waals surface area contributed by atoms with Crippen LogP contribution in [0.4, 0.5) is 0 Å². The molecule has 0 saturated carbocycles. The summed E-state index contributed by atoms with van der Waals surface area (Å²) in [6, 6.07) is 0.0409. The Hall–Kier alpha value is -0.240. The summed E-state index contributed by atoms with van der Waals surface area (Å²) in [7, 11) is 0. The SMILES string of the molecule is CC(CCl)N[C]=O. The first-order valence-corrected chi connectivity index (χ1v) is 2.53. The lowest BCUT2D eigenvalue weighted by Gasteiger charge is -2.00. The Morgan fingerprint density at radius 2 is 2.57 bits per heavy atom. The molecule has 1 unspecified atom stereocenters. The summed E-state index contributed by atoms with van der Waals surface area (Å²) in [4.78, 5) is 9.48. The maximum Gasteiger partial charge on any atom is 0.309 e. The van der Waals surface area contributed by atoms with E-state index in [4.69, 9.17) is 11.6 Å². The maximum atomic E-state index is 9.48. The minimum absolute atomic E-state index is 0.0409. The first kappa shape index (κ1) is 6.76. The fraction of sp³-hybridized carbons (Fsp3) is 0.750. The van der Waals surface area contributed by atoms with E-state index in [1.807, 2.05) is 0 Å². The zero-order valence-corrected chi connectivity index (χ0v) is 4.83. The molecule has 0 aromatic heterocycles. The molecule has 0 aliphatic carbocycles. The number of rotatable bonds is 3. The van der Waals surface area contributed by atoms with Gasteiger partial charge in [-0.05, 0) is 6.92 Å². The predicted molar refractivity (Wildman–Crippen MR) is 29.0 cm³/mol. The van der Waals surface area contributed by atoms with E-state index in [9.17, 15) is 4.79 Å². The van der Waals surface area contributed by atoms with Gasteiger partial charge in [0.1, 0.15) is 0 Å². The molecule has 41 valence electrons. The van der Waals surface area contributed by atoms with E-state index >= 15 is 0 Å². The van der Waals surface area contributed by atoms with Crippen LogP contribution in [0.5, 0.6) is 0 Å². The van der Waals surface area contributed by atoms with Gasteiger partial charge in [-0.15, -0.1) is 11.6 Å². The number of hydrogen-bond donors (Lipinski definition) is 1. The van der Waals surface area contributed by atoms with Crippen molar-refractivity contribution in [1.29, 1.82) is 0 Å². The smallest absolute Gasteiger partial charge is 0.309 e. The van der Waals surface area contributed by atoms with Crippen molar-refractivity contribution in [2.45, 2.75) is 13.0 Å². The summed E-state index contributed by atoms with van der Waals surface area (Å²) in [6.45, 7) is 1.80. The summed E-state index contributed by atoms with van der Waals surface area (Å²) >= 11 is 5.29. The van der Waals surface area contributed by atoms with Gasteiger partial charge >= 0.3 is 6.41 Å². The zero-order chi connectivity index (χ0) is 5.70. The van der Waals surface area contributed by atoms with E-state index in [0.717, 1.165) is 0 Å². The number of alkyl halides is 1. The van der Waals surface area contributed by atoms with Gasteiger partial charge in [-0.1, -0.05) is 0 Å². The second kappa shape index (κ2) is 3.93. The van der Waals surface area contributed by atoms with Gasteiger partial charge in [-0.3, -0.25) is 4.79 Å². The molecule has 7 heavy (non-hydrogen) atoms. The average Bonchev–Trinajstić information content (AvgIpc) is 1.68. The summed E-state index contributed by atoms with van der Waals surface area (Å²) in [5.74, 6) is 0.440. The lowest BCUT2D eigenvalue weighted by molar-refractivity contribution is 0.533. The number of hydrogen-bond acceptors (Lipinski definition) is 1. The zero-order valence-electron chi connectivity index (χ0n) is 4.07. The average molecular weight is 121 g/mol. The second-order valence-corrected chi connectivity index (χ2v) is 1.61. The molecule has 1 radical (unpaired) electrons. The predicted octanol–water partition coefficient (Wildman–Crippen LogP) is 0.271. The van der Waals surface area contributed by atoms with E-state index in [1.54, 1.807) is 6.92 Å². The molecule has 0 spiro atoms. The monoisotopic (exact) mass is 120 g/mol. The van der Waals surface area contributed by atoms with E-state index in [2.05, 4.69) is 5.32 Å². The molecule has 1 N–H and O–H groups in total. The van der Waals surface area contributed by atoms with Crippen LogP contribution in [-0.4, -0.2) is 18.3 Å². The minimum atomic E-state index is 0.0409. The molecule has 2 nitrogen and oxygen atoms in total. The third kappa shape index (κ3) is 3.59. The molecular weight excluding hydrogens is 114 g/mol. The van der Waals surface area contributed by atoms with Crippen molar-refractivity contribution in [1.82, 2.24) is 5.32 Å². The van der Waals surface area contributed by atoms with Crippen LogP contribution in [-0.2, 0) is 4.79 Å². The fourth-order valence-corrected chi connectivity index (χ4v) is 0.216. The Kier molecular flexibility index (Phi) is 3.80. The highest BCUT2D eigenvalue weighted by Crippen LogP contribution is 1.81. The standard InChI is InChI=1S/C4H7ClNO/c1-4(2-5)6-3-7/h4H,2H2,1H3,(H,6,7). The van der Waals surface area contributed by atoms with Crippen molar-refractivity contribution < 1.29 is 4.79 Å². The Bertz CT molecular complexity index is 57.7. The third-order valence-corrected chi connectivity index (χ3v) is 1.000. The molecule has 0 aromatic rings. The van der Waals surface area contributed by atoms with Crippen molar-refractivity contribution >= 4 is 18.0 Å². The van der Waals surface area contributed by atoms with Crippen molar-refractivity contribution in [3.05, 3.63) is 0 Å². The molecule has 1 amide bonds. The first-order valence-electron chi connectivity index (χ1n) is 2.00. The molecule has 0 fully saturated rings. The molecule has 0 aliphatic heterocycles. The lowest BCUT2D eigenvalue weighted by Crippen LogP contribution is -2.25. The summed E-state index contributed by atoms with van der Waals surface area (Å²) in [5.41, 5.74) is 0. The summed E-state index contributed by atoms with van der Waals surface area (Å²) < 4.78 is 0. The summed E-state index contributed by atoms with van der Waals surface area (Å²) in [6.07, 6.45) is 1.53. The largest absolute Gasteiger partial charge is 0.344 e. The molecular formula is C4H7ClNO. The van der Waals surface area contributed by atoms with Crippen LogP contribution >= 0.6 is 11.6 Å². The molecule has 0 heterocycles. The van der Waals surface area contributed by atoms with Gasteiger partial charge in [-0.2, -0.15) is 0 Å². The maximum absolute atomic E-state index is 9.48. The molecule has 0 aliphatic rings. The lowest BCUT2D eigenvalue weighted by atomic mass is 10.4. The van der Waals surface area contributed by atoms with Crippen molar-refractivity contribution in [3.63, 3.8) is 0 Å². The van der Waals surface area contributed by atoms with Crippen LogP contribution in [0.15, 0.2) is 0 Å². The third-order valence-electron chi connectivity index (χ3n) is 0.537. The second-order valence-electron chi connectivity index (χ2n) is 1.30. The van der Waals surface area contributed by atoms with Crippen molar-refractivity contribution in [3.8, 4) is 0 Å². The van der Waals surface area contributed by atoms with Crippen molar-refractivity contribution in [2.75, 3.05) is 5.88 Å². The van der Waals surface area contributed by atoms with E-state index in [1.165, 1.54) is 6.41 Å². The molecule has 0 rings (SSSR count). The van der Waals surface area contributed by atoms with Crippen LogP contribution < -0.4 is 5.32 Å². The number of halogens is 1. The van der Waals surface area contributed by atoms with E-state index in [0.29, 0.717) is 5.88 Å². The van der Waals surface area contributed by atoms with Gasteiger partial charge in [0.2, 0.25) is 0 Å². The Balaban J connectivity index is 2.98. The number of amides is 1. The van der Waals surface area contributed by atoms with Gasteiger partial charge < -0.3 is 5.32 Å². The highest BCUT2D eigenvalue weighted by atomic mass is 35.5. The fourth-order valence-electron chi connectivity index (χ4n) is 0.139. The van der Waals surface area contributed by atoms with E-state index in [-0.39, 0.29) is 6.04 Å². The molecule has 0 bridgehead atoms. The Labute approximate surface area is 47.8 Å². The molecule has 0 saturated heterocycles.